The zero-order valence-corrected chi connectivity index (χ0v) is 10.8. The molecule has 0 aromatic carbocycles. The van der Waals surface area contributed by atoms with Gasteiger partial charge in [-0.1, -0.05) is 6.07 Å². The number of alkyl halides is 2. The molecule has 0 radical (unpaired) electrons. The minimum Gasteiger partial charge on any atom is -0.314 e. The van der Waals surface area contributed by atoms with Crippen molar-refractivity contribution in [3.63, 3.8) is 0 Å². The monoisotopic (exact) mass is 305 g/mol. The first-order valence-electron chi connectivity index (χ1n) is 5.54. The molecule has 3 nitrogen and oxygen atoms in total. The molecule has 1 atom stereocenters. The zero-order chi connectivity index (χ0) is 12.3. The van der Waals surface area contributed by atoms with Crippen LogP contribution in [0.3, 0.4) is 0 Å². The number of hydrogen-bond acceptors (Lipinski definition) is 3. The number of nitrogens with zero attached hydrogens (tertiary/aromatic N) is 2. The van der Waals surface area contributed by atoms with Crippen LogP contribution in [0.1, 0.15) is 11.7 Å². The highest BCUT2D eigenvalue weighted by Gasteiger charge is 2.31. The van der Waals surface area contributed by atoms with Crippen LogP contribution in [0.2, 0.25) is 0 Å². The number of pyridine rings is 1. The van der Waals surface area contributed by atoms with Crippen molar-refractivity contribution in [2.24, 2.45) is 0 Å². The Hall–Kier alpha value is -0.590. The van der Waals surface area contributed by atoms with Gasteiger partial charge >= 0.3 is 0 Å². The highest BCUT2D eigenvalue weighted by atomic mass is 79.9. The molecule has 1 fully saturated rings. The quantitative estimate of drug-likeness (QED) is 0.867. The first-order chi connectivity index (χ1) is 8.18. The van der Waals surface area contributed by atoms with E-state index in [2.05, 4.69) is 26.2 Å². The van der Waals surface area contributed by atoms with Gasteiger partial charge in [-0.2, -0.15) is 0 Å². The van der Waals surface area contributed by atoms with Crippen molar-refractivity contribution in [1.29, 1.82) is 0 Å². The summed E-state index contributed by atoms with van der Waals surface area (Å²) in [5, 5.41) is 3.16. The first kappa shape index (κ1) is 12.9. The lowest BCUT2D eigenvalue weighted by Gasteiger charge is -2.34. The van der Waals surface area contributed by atoms with Gasteiger partial charge in [0.2, 0.25) is 0 Å². The zero-order valence-electron chi connectivity index (χ0n) is 9.24. The average molecular weight is 306 g/mol. The number of rotatable bonds is 3. The fourth-order valence-corrected chi connectivity index (χ4v) is 2.38. The molecule has 1 aromatic rings. The maximum atomic E-state index is 13.2. The maximum Gasteiger partial charge on any atom is 0.259 e. The minimum atomic E-state index is -2.42. The summed E-state index contributed by atoms with van der Waals surface area (Å²) in [4.78, 5) is 5.93. The molecular weight excluding hydrogens is 292 g/mol. The summed E-state index contributed by atoms with van der Waals surface area (Å²) in [6.45, 7) is 2.75. The Bertz CT molecular complexity index is 369. The Balaban J connectivity index is 2.21. The molecule has 1 aliphatic heterocycles. The van der Waals surface area contributed by atoms with Gasteiger partial charge in [0.05, 0.1) is 5.69 Å². The van der Waals surface area contributed by atoms with E-state index in [1.165, 1.54) is 0 Å². The van der Waals surface area contributed by atoms with Crippen LogP contribution >= 0.6 is 15.9 Å². The molecule has 6 heteroatoms. The molecule has 1 aromatic heterocycles. The largest absolute Gasteiger partial charge is 0.314 e. The van der Waals surface area contributed by atoms with Crippen LogP contribution in [0.4, 0.5) is 8.78 Å². The van der Waals surface area contributed by atoms with Gasteiger partial charge in [-0.15, -0.1) is 0 Å². The Morgan fingerprint density at radius 1 is 1.29 bits per heavy atom. The van der Waals surface area contributed by atoms with E-state index in [1.807, 2.05) is 0 Å². The van der Waals surface area contributed by atoms with Crippen molar-refractivity contribution in [3.8, 4) is 0 Å². The van der Waals surface area contributed by atoms with Crippen LogP contribution in [-0.2, 0) is 0 Å². The molecule has 94 valence electrons. The third-order valence-corrected chi connectivity index (χ3v) is 3.26. The highest BCUT2D eigenvalue weighted by molar-refractivity contribution is 9.10. The third-order valence-electron chi connectivity index (χ3n) is 2.82. The smallest absolute Gasteiger partial charge is 0.259 e. The molecule has 0 spiro atoms. The summed E-state index contributed by atoms with van der Waals surface area (Å²) in [6.07, 6.45) is -2.42. The Morgan fingerprint density at radius 3 is 2.59 bits per heavy atom. The maximum absolute atomic E-state index is 13.2. The van der Waals surface area contributed by atoms with Crippen molar-refractivity contribution in [3.05, 3.63) is 28.5 Å². The van der Waals surface area contributed by atoms with Crippen LogP contribution in [0.25, 0.3) is 0 Å². The van der Waals surface area contributed by atoms with Crippen molar-refractivity contribution in [2.75, 3.05) is 26.2 Å². The Kier molecular flexibility index (Phi) is 4.42. The van der Waals surface area contributed by atoms with E-state index in [0.29, 0.717) is 23.4 Å². The Labute approximate surface area is 107 Å². The summed E-state index contributed by atoms with van der Waals surface area (Å²) in [7, 11) is 0. The van der Waals surface area contributed by atoms with Gasteiger partial charge in [-0.25, -0.2) is 13.8 Å². The number of hydrogen-bond donors (Lipinski definition) is 1. The average Bonchev–Trinajstić information content (AvgIpc) is 2.30. The molecular formula is C11H14BrF2N3. The summed E-state index contributed by atoms with van der Waals surface area (Å²) >= 11 is 3.22. The van der Waals surface area contributed by atoms with Crippen LogP contribution in [-0.4, -0.2) is 42.5 Å². The fraction of sp³-hybridized carbons (Fsp3) is 0.545. The van der Waals surface area contributed by atoms with Crippen LogP contribution in [0.15, 0.2) is 22.8 Å². The highest BCUT2D eigenvalue weighted by Crippen LogP contribution is 2.27. The van der Waals surface area contributed by atoms with Crippen LogP contribution < -0.4 is 5.32 Å². The lowest BCUT2D eigenvalue weighted by atomic mass is 10.1. The predicted octanol–water partition coefficient (Wildman–Crippen LogP) is 2.06. The molecule has 0 amide bonds. The van der Waals surface area contributed by atoms with Crippen molar-refractivity contribution in [1.82, 2.24) is 15.2 Å². The third kappa shape index (κ3) is 3.20. The second-order valence-corrected chi connectivity index (χ2v) is 4.76. The number of halogens is 3. The molecule has 2 rings (SSSR count). The summed E-state index contributed by atoms with van der Waals surface area (Å²) < 4.78 is 27.0. The normalized spacial score (nSPS) is 19.5. The van der Waals surface area contributed by atoms with Gasteiger partial charge < -0.3 is 5.32 Å². The van der Waals surface area contributed by atoms with Gasteiger partial charge in [0.1, 0.15) is 10.6 Å². The predicted molar refractivity (Wildman–Crippen MR) is 65.1 cm³/mol. The van der Waals surface area contributed by atoms with E-state index < -0.39 is 12.5 Å². The first-order valence-corrected chi connectivity index (χ1v) is 6.33. The van der Waals surface area contributed by atoms with Gasteiger partial charge in [-0.3, -0.25) is 4.90 Å². The number of aromatic nitrogens is 1. The summed E-state index contributed by atoms with van der Waals surface area (Å²) in [5.41, 5.74) is 0.427. The van der Waals surface area contributed by atoms with E-state index in [9.17, 15) is 8.78 Å². The molecule has 0 unspecified atom stereocenters. The molecule has 17 heavy (non-hydrogen) atoms. The molecule has 1 aliphatic rings. The van der Waals surface area contributed by atoms with E-state index in [4.69, 9.17) is 0 Å². The van der Waals surface area contributed by atoms with E-state index in [0.717, 1.165) is 13.1 Å². The topological polar surface area (TPSA) is 28.2 Å². The van der Waals surface area contributed by atoms with E-state index in [1.54, 1.807) is 23.1 Å². The van der Waals surface area contributed by atoms with Crippen molar-refractivity contribution in [2.45, 2.75) is 12.5 Å². The second kappa shape index (κ2) is 5.84. The number of piperazine rings is 1. The molecule has 0 bridgehead atoms. The molecule has 1 N–H and O–H groups in total. The lowest BCUT2D eigenvalue weighted by molar-refractivity contribution is 0.0160. The molecule has 1 saturated heterocycles. The minimum absolute atomic E-state index is 0.427. The van der Waals surface area contributed by atoms with Crippen LogP contribution in [0, 0.1) is 0 Å². The summed E-state index contributed by atoms with van der Waals surface area (Å²) in [6, 6.07) is 4.23. The van der Waals surface area contributed by atoms with E-state index >= 15 is 0 Å². The van der Waals surface area contributed by atoms with Gasteiger partial charge in [0.25, 0.3) is 6.43 Å². The fourth-order valence-electron chi connectivity index (χ4n) is 2.02. The van der Waals surface area contributed by atoms with Gasteiger partial charge in [-0.05, 0) is 28.1 Å². The van der Waals surface area contributed by atoms with Crippen molar-refractivity contribution < 1.29 is 8.78 Å². The molecule has 2 heterocycles. The molecule has 0 saturated carbocycles. The van der Waals surface area contributed by atoms with Crippen molar-refractivity contribution >= 4 is 15.9 Å². The standard InChI is InChI=1S/C11H14BrF2N3/c12-9-3-1-2-8(16-9)10(11(13)14)17-6-4-15-5-7-17/h1-3,10-11,15H,4-7H2/t10-/m0/s1. The second-order valence-electron chi connectivity index (χ2n) is 3.95. The SMILES string of the molecule is FC(F)[C@H](c1cccc(Br)n1)N1CCNCC1. The lowest BCUT2D eigenvalue weighted by Crippen LogP contribution is -2.47. The van der Waals surface area contributed by atoms with Gasteiger partial charge in [0, 0.05) is 26.2 Å². The van der Waals surface area contributed by atoms with Crippen LogP contribution in [0.5, 0.6) is 0 Å². The van der Waals surface area contributed by atoms with E-state index in [-0.39, 0.29) is 0 Å². The number of nitrogens with one attached hydrogen (secondary N) is 1. The molecule has 0 aliphatic carbocycles. The Morgan fingerprint density at radius 2 is 2.00 bits per heavy atom. The van der Waals surface area contributed by atoms with Gasteiger partial charge in [0.15, 0.2) is 0 Å². The summed E-state index contributed by atoms with van der Waals surface area (Å²) in [5.74, 6) is 0.